The molecule has 0 aliphatic carbocycles. The first kappa shape index (κ1) is 15.3. The van der Waals surface area contributed by atoms with Gasteiger partial charge in [-0.1, -0.05) is 84.9 Å². The zero-order chi connectivity index (χ0) is 16.9. The van der Waals surface area contributed by atoms with Gasteiger partial charge in [0, 0.05) is 12.4 Å². The summed E-state index contributed by atoms with van der Waals surface area (Å²) in [5.74, 6) is 0. The molecule has 1 heterocycles. The third-order valence-corrected chi connectivity index (χ3v) is 4.41. The van der Waals surface area contributed by atoms with E-state index >= 15 is 0 Å². The molecule has 1 nitrogen and oxygen atoms in total. The van der Waals surface area contributed by atoms with Crippen molar-refractivity contribution >= 4 is 0 Å². The zero-order valence-corrected chi connectivity index (χ0v) is 14.0. The Bertz CT molecular complexity index is 925. The third-order valence-electron chi connectivity index (χ3n) is 4.41. The van der Waals surface area contributed by atoms with Gasteiger partial charge in [-0.3, -0.25) is 4.98 Å². The highest BCUT2D eigenvalue weighted by atomic mass is 14.6. The van der Waals surface area contributed by atoms with Crippen molar-refractivity contribution in [2.24, 2.45) is 0 Å². The van der Waals surface area contributed by atoms with Crippen LogP contribution in [0.25, 0.3) is 22.3 Å². The van der Waals surface area contributed by atoms with Crippen LogP contribution in [0.3, 0.4) is 0 Å². The van der Waals surface area contributed by atoms with Crippen molar-refractivity contribution in [2.75, 3.05) is 0 Å². The molecule has 0 aliphatic heterocycles. The Morgan fingerprint density at radius 2 is 1.04 bits per heavy atom. The van der Waals surface area contributed by atoms with Gasteiger partial charge in [-0.05, 0) is 45.9 Å². The Morgan fingerprint density at radius 3 is 1.60 bits per heavy atom. The average Bonchev–Trinajstić information content (AvgIpc) is 2.70. The number of benzene rings is 3. The minimum atomic E-state index is 0.918. The topological polar surface area (TPSA) is 12.9 Å². The zero-order valence-electron chi connectivity index (χ0n) is 14.0. The molecular weight excluding hydrogens is 302 g/mol. The summed E-state index contributed by atoms with van der Waals surface area (Å²) in [4.78, 5) is 4.18. The lowest BCUT2D eigenvalue weighted by Gasteiger charge is -2.07. The molecule has 0 N–H and O–H groups in total. The van der Waals surface area contributed by atoms with Gasteiger partial charge in [0.15, 0.2) is 0 Å². The number of nitrogens with zero attached hydrogens (tertiary/aromatic N) is 1. The lowest BCUT2D eigenvalue weighted by molar-refractivity contribution is 1.15. The fourth-order valence-electron chi connectivity index (χ4n) is 3.04. The Kier molecular flexibility index (Phi) is 4.38. The summed E-state index contributed by atoms with van der Waals surface area (Å²) in [7, 11) is 0. The van der Waals surface area contributed by atoms with Gasteiger partial charge >= 0.3 is 0 Å². The Labute approximate surface area is 148 Å². The number of pyridine rings is 1. The highest BCUT2D eigenvalue weighted by Gasteiger charge is 2.01. The van der Waals surface area contributed by atoms with E-state index in [4.69, 9.17) is 0 Å². The third kappa shape index (κ3) is 3.67. The van der Waals surface area contributed by atoms with E-state index in [-0.39, 0.29) is 0 Å². The fourth-order valence-corrected chi connectivity index (χ4v) is 3.04. The molecule has 0 bridgehead atoms. The lowest BCUT2D eigenvalue weighted by atomic mass is 9.98. The first-order chi connectivity index (χ1) is 12.4. The van der Waals surface area contributed by atoms with E-state index in [1.54, 1.807) is 0 Å². The van der Waals surface area contributed by atoms with E-state index < -0.39 is 0 Å². The molecule has 0 saturated carbocycles. The van der Waals surface area contributed by atoms with Crippen LogP contribution in [0.1, 0.15) is 11.1 Å². The molecule has 0 aliphatic rings. The molecule has 0 unspecified atom stereocenters. The smallest absolute Gasteiger partial charge is 0.0303 e. The minimum Gasteiger partial charge on any atom is -0.264 e. The number of rotatable bonds is 4. The Hall–Kier alpha value is -3.19. The van der Waals surface area contributed by atoms with Gasteiger partial charge in [-0.15, -0.1) is 0 Å². The monoisotopic (exact) mass is 321 g/mol. The SMILES string of the molecule is c1ccc(-c2ccc(-c3ccc(Cc4cccnc4)cc3)cc2)cc1. The predicted molar refractivity (Wildman–Crippen MR) is 104 cm³/mol. The summed E-state index contributed by atoms with van der Waals surface area (Å²) in [5.41, 5.74) is 7.53. The molecule has 4 aromatic rings. The second-order valence-corrected chi connectivity index (χ2v) is 6.18. The summed E-state index contributed by atoms with van der Waals surface area (Å²) >= 11 is 0. The lowest BCUT2D eigenvalue weighted by Crippen LogP contribution is -1.89. The van der Waals surface area contributed by atoms with Gasteiger partial charge in [-0.2, -0.15) is 0 Å². The maximum Gasteiger partial charge on any atom is 0.0303 e. The molecule has 0 fully saturated rings. The van der Waals surface area contributed by atoms with Crippen molar-refractivity contribution in [3.63, 3.8) is 0 Å². The van der Waals surface area contributed by atoms with Crippen LogP contribution >= 0.6 is 0 Å². The summed E-state index contributed by atoms with van der Waals surface area (Å²) in [5, 5.41) is 0. The number of hydrogen-bond donors (Lipinski definition) is 0. The van der Waals surface area contributed by atoms with Gasteiger partial charge in [0.05, 0.1) is 0 Å². The summed E-state index contributed by atoms with van der Waals surface area (Å²) < 4.78 is 0. The molecule has 1 aromatic heterocycles. The molecule has 1 heteroatoms. The summed E-state index contributed by atoms with van der Waals surface area (Å²) in [6.45, 7) is 0. The van der Waals surface area contributed by atoms with Gasteiger partial charge in [-0.25, -0.2) is 0 Å². The molecule has 0 radical (unpaired) electrons. The van der Waals surface area contributed by atoms with Gasteiger partial charge < -0.3 is 0 Å². The van der Waals surface area contributed by atoms with E-state index in [0.717, 1.165) is 6.42 Å². The maximum atomic E-state index is 4.18. The fraction of sp³-hybridized carbons (Fsp3) is 0.0417. The van der Waals surface area contributed by atoms with Crippen molar-refractivity contribution in [2.45, 2.75) is 6.42 Å². The van der Waals surface area contributed by atoms with Gasteiger partial charge in [0.25, 0.3) is 0 Å². The molecule has 120 valence electrons. The van der Waals surface area contributed by atoms with Crippen molar-refractivity contribution in [3.05, 3.63) is 115 Å². The number of hydrogen-bond acceptors (Lipinski definition) is 1. The molecule has 25 heavy (non-hydrogen) atoms. The van der Waals surface area contributed by atoms with E-state index in [9.17, 15) is 0 Å². The van der Waals surface area contributed by atoms with Crippen LogP contribution in [0.5, 0.6) is 0 Å². The van der Waals surface area contributed by atoms with Gasteiger partial charge in [0.2, 0.25) is 0 Å². The first-order valence-electron chi connectivity index (χ1n) is 8.52. The molecule has 0 amide bonds. The van der Waals surface area contributed by atoms with Crippen LogP contribution < -0.4 is 0 Å². The highest BCUT2D eigenvalue weighted by molar-refractivity contribution is 5.70. The van der Waals surface area contributed by atoms with Crippen molar-refractivity contribution in [1.29, 1.82) is 0 Å². The largest absolute Gasteiger partial charge is 0.264 e. The minimum absolute atomic E-state index is 0.918. The highest BCUT2D eigenvalue weighted by Crippen LogP contribution is 2.25. The van der Waals surface area contributed by atoms with E-state index in [1.807, 2.05) is 24.5 Å². The van der Waals surface area contributed by atoms with Gasteiger partial charge in [0.1, 0.15) is 0 Å². The van der Waals surface area contributed by atoms with E-state index in [0.29, 0.717) is 0 Å². The second-order valence-electron chi connectivity index (χ2n) is 6.18. The summed E-state index contributed by atoms with van der Waals surface area (Å²) in [6.07, 6.45) is 4.66. The molecule has 0 saturated heterocycles. The summed E-state index contributed by atoms with van der Waals surface area (Å²) in [6, 6.07) is 32.1. The first-order valence-corrected chi connectivity index (χ1v) is 8.52. The van der Waals surface area contributed by atoms with Crippen molar-refractivity contribution in [1.82, 2.24) is 4.98 Å². The van der Waals surface area contributed by atoms with Crippen LogP contribution in [0.15, 0.2) is 103 Å². The van der Waals surface area contributed by atoms with Crippen molar-refractivity contribution in [3.8, 4) is 22.3 Å². The Balaban J connectivity index is 1.52. The molecule has 0 atom stereocenters. The maximum absolute atomic E-state index is 4.18. The predicted octanol–water partition coefficient (Wildman–Crippen LogP) is 6.01. The van der Waals surface area contributed by atoms with E-state index in [2.05, 4.69) is 83.8 Å². The standard InChI is InChI=1S/C24H19N/c1-2-6-21(7-3-1)23-12-14-24(15-13-23)22-10-8-19(9-11-22)17-20-5-4-16-25-18-20/h1-16,18H,17H2. The average molecular weight is 321 g/mol. The van der Waals surface area contributed by atoms with Crippen LogP contribution in [-0.2, 0) is 6.42 Å². The van der Waals surface area contributed by atoms with E-state index in [1.165, 1.54) is 33.4 Å². The van der Waals surface area contributed by atoms with Crippen molar-refractivity contribution < 1.29 is 0 Å². The molecular formula is C24H19N. The van der Waals surface area contributed by atoms with Crippen LogP contribution in [0, 0.1) is 0 Å². The van der Waals surface area contributed by atoms with Crippen LogP contribution in [0.2, 0.25) is 0 Å². The molecule has 0 spiro atoms. The molecule has 4 rings (SSSR count). The van der Waals surface area contributed by atoms with Crippen LogP contribution in [0.4, 0.5) is 0 Å². The Morgan fingerprint density at radius 1 is 0.480 bits per heavy atom. The molecule has 3 aromatic carbocycles. The number of aromatic nitrogens is 1. The van der Waals surface area contributed by atoms with Crippen LogP contribution in [-0.4, -0.2) is 4.98 Å². The normalized spacial score (nSPS) is 10.6. The quantitative estimate of drug-likeness (QED) is 0.449. The second kappa shape index (κ2) is 7.14.